The molecule has 120 heavy (non-hydrogen) atoms. The zero-order valence-electron chi connectivity index (χ0n) is 125. The third-order valence-corrected chi connectivity index (χ3v) is 20.3. The van der Waals surface area contributed by atoms with Gasteiger partial charge in [0.2, 0.25) is 0 Å². The Morgan fingerprint density at radius 1 is 0.358 bits per heavy atom. The normalized spacial score (nSPS) is 42.9. The van der Waals surface area contributed by atoms with Gasteiger partial charge in [0.1, 0.15) is 48.5 Å². The van der Waals surface area contributed by atoms with Crippen molar-refractivity contribution in [2.45, 2.75) is 260 Å². The second-order valence-corrected chi connectivity index (χ2v) is 30.4. The molecule has 0 saturated carbocycles. The highest BCUT2D eigenvalue weighted by atomic mass is 16.6. The number of carbonyl (C=O) groups is 4. The molecule has 4 fully saturated rings. The molecule has 0 bridgehead atoms. The summed E-state index contributed by atoms with van der Waals surface area (Å²) in [5.74, 6) is -37.2. The molecule has 0 radical (unpaired) electrons. The number of esters is 4. The Kier molecular flexibility index (Phi) is 16.9. The van der Waals surface area contributed by atoms with Crippen LogP contribution in [0.3, 0.4) is 0 Å². The van der Waals surface area contributed by atoms with Gasteiger partial charge in [-0.3, -0.25) is 38.8 Å². The summed E-state index contributed by atoms with van der Waals surface area (Å²) in [4.78, 5) is 56.2. The minimum absolute atomic E-state index is 0.0707. The first-order chi connectivity index (χ1) is 77.6. The second-order valence-electron chi connectivity index (χ2n) is 30.4. The molecule has 0 spiro atoms. The summed E-state index contributed by atoms with van der Waals surface area (Å²) in [5, 5.41) is 0. The molecule has 0 aliphatic carbocycles. The summed E-state index contributed by atoms with van der Waals surface area (Å²) in [6, 6.07) is -2.68. The third-order valence-electron chi connectivity index (χ3n) is 20.3. The summed E-state index contributed by atoms with van der Waals surface area (Å²) in [7, 11) is 1.98. The van der Waals surface area contributed by atoms with Crippen molar-refractivity contribution in [3.8, 4) is 46.0 Å². The van der Waals surface area contributed by atoms with Gasteiger partial charge < -0.3 is 79.8 Å². The molecule has 16 unspecified atom stereocenters. The zero-order valence-corrected chi connectivity index (χ0v) is 70.8. The van der Waals surface area contributed by atoms with Gasteiger partial charge in [0.05, 0.1) is 70.4 Å². The molecule has 24 nitrogen and oxygen atoms in total. The van der Waals surface area contributed by atoms with Crippen molar-refractivity contribution in [1.82, 2.24) is 19.6 Å². The number of carbonyl (C=O) groups excluding carboxylic acids is 4. The molecule has 8 N–H and O–H groups in total. The van der Waals surface area contributed by atoms with Gasteiger partial charge in [-0.15, -0.1) is 0 Å². The number of hydrogen-bond donors (Lipinski definition) is 4. The lowest BCUT2D eigenvalue weighted by atomic mass is 9.79. The summed E-state index contributed by atoms with van der Waals surface area (Å²) in [5.41, 5.74) is 25.2. The maximum absolute atomic E-state index is 13.3. The average molecular weight is 1730 g/mol. The van der Waals surface area contributed by atoms with Gasteiger partial charge in [-0.25, -0.2) is 0 Å². The van der Waals surface area contributed by atoms with E-state index in [1.807, 2.05) is 0 Å². The Hall–Kier alpha value is -7.16. The molecular weight excluding hydrogens is 1520 g/mol. The Morgan fingerprint density at radius 3 is 0.725 bits per heavy atom. The number of hydrogen-bond acceptors (Lipinski definition) is 24. The predicted octanol–water partition coefficient (Wildman–Crippen LogP) is 14.3. The lowest BCUT2D eigenvalue weighted by molar-refractivity contribution is -0.161. The SMILES string of the molecule is [2H]C([2H])([2H])C([2H])(C)C([2H])([2H])C1([2H])C([2H])([2H])N2CCc3cc(OC)c(OC)cc3C2C([2H])([2H])C1([2H])OC(=O)[C@@H](N)C(C)C.[2H]C([2H])([2H])C([2H])(C)C([2H])([2H])C1([2H])C([2H])([2H])N2CCc3cc(OC)c(OC)cc3C2C([2H])([2H])C1([2H])OC(=O)[C@@H](N)C(C)C.[2H]C([2H])([2H])Oc1cc2c(cc1OC)C1N(CC2)C([2H])([2H])C([2H])(C([2H])([2H])C([2H])(C)C([2H])([2H])[2H])C([2H])(OC(=O)[C@@H](N)C(C)C)C1([2H])[2H].[2H]C([2H])([2H])Oc1cc2c(cc1OC)C1N(CC2)C([2H])([2H])C([2H])(C([2H])([2H])C([2H])(C)C([2H])([2H])[2H])C([2H])(OC(=O)[C@@H](N)C(C)C)C1([2H])[2H]. The molecule has 4 aromatic rings. The van der Waals surface area contributed by atoms with Crippen LogP contribution in [0.2, 0.25) is 0 Å². The van der Waals surface area contributed by atoms with Gasteiger partial charge in [0.15, 0.2) is 46.0 Å². The fraction of sp³-hybridized carbons (Fsp3) is 0.708. The van der Waals surface area contributed by atoms with Crippen molar-refractivity contribution in [2.75, 3.05) is 109 Å². The highest BCUT2D eigenvalue weighted by Gasteiger charge is 2.47. The standard InChI is InChI=1S/4C24H38N2O4/c4*1-14(2)9-17-13-26-8-7-16-10-21(28-5)22(29-6)11-18(16)19(26)12-20(17)30-24(27)23(25)15(3)4/h4*10-11,14-15,17,19-20,23H,7-9,12-13,25H2,1-6H3/t4*17?,19?,20?,23-/m0000/s1/i2*1D3,5D3,9D2,12D2,13D2,14D,17D,20D;2*1D3,9D2,12D2,13D2,14D,17D,20D/t4*14?,17?,19?,20?,23-. The largest absolute Gasteiger partial charge is 0.493 e. The first kappa shape index (κ1) is 46.2. The molecular formula is C96H152N8O16. The minimum Gasteiger partial charge on any atom is -0.493 e. The van der Waals surface area contributed by atoms with E-state index in [0.29, 0.717) is 50.3 Å². The molecule has 0 amide bonds. The monoisotopic (exact) mass is 1730 g/mol. The highest BCUT2D eigenvalue weighted by Crippen LogP contribution is 2.50. The topological polar surface area (TPSA) is 296 Å². The number of rotatable bonds is 28. The molecule has 8 heterocycles. The van der Waals surface area contributed by atoms with Gasteiger partial charge in [-0.1, -0.05) is 110 Å². The Bertz CT molecular complexity index is 6230. The molecule has 8 aliphatic heterocycles. The van der Waals surface area contributed by atoms with E-state index >= 15 is 0 Å². The average Bonchev–Trinajstić information content (AvgIpc) is 0.660. The molecule has 24 heteroatoms. The van der Waals surface area contributed by atoms with Crippen LogP contribution in [0.4, 0.5) is 0 Å². The number of nitrogens with two attached hydrogens (primary N) is 4. The first-order valence-electron chi connectivity index (χ1n) is 65.9. The molecule has 12 rings (SSSR count). The maximum atomic E-state index is 13.3. The predicted molar refractivity (Wildman–Crippen MR) is 471 cm³/mol. The molecule has 0 aromatic heterocycles. The third kappa shape index (κ3) is 23.8. The first-order valence-corrected chi connectivity index (χ1v) is 38.9. The fourth-order valence-corrected chi connectivity index (χ4v) is 13.5. The number of nitrogens with zero attached hydrogens (tertiary/aromatic N) is 4. The molecule has 4 aromatic carbocycles. The molecule has 20 atom stereocenters. The summed E-state index contributed by atoms with van der Waals surface area (Å²) < 4.78 is 531. The quantitative estimate of drug-likeness (QED) is 0.0303. The van der Waals surface area contributed by atoms with Crippen LogP contribution in [-0.4, -0.2) is 201 Å². The van der Waals surface area contributed by atoms with Crippen LogP contribution in [-0.2, 0) is 63.8 Å². The Labute approximate surface area is 794 Å². The van der Waals surface area contributed by atoms with E-state index in [1.54, 1.807) is 12.1 Å². The van der Waals surface area contributed by atoms with Crippen molar-refractivity contribution in [2.24, 2.45) is 93.8 Å². The van der Waals surface area contributed by atoms with Crippen LogP contribution in [0.5, 0.6) is 46.0 Å². The van der Waals surface area contributed by atoms with E-state index in [4.69, 9.17) is 126 Å². The van der Waals surface area contributed by atoms with Crippen LogP contribution in [0.1, 0.15) is 304 Å². The van der Waals surface area contributed by atoms with Crippen molar-refractivity contribution in [3.05, 3.63) is 93.0 Å². The van der Waals surface area contributed by atoms with Crippen LogP contribution in [0, 0.1) is 70.8 Å². The van der Waals surface area contributed by atoms with Crippen LogP contribution in [0.15, 0.2) is 48.5 Å². The number of piperidine rings is 4. The van der Waals surface area contributed by atoms with E-state index in [1.165, 1.54) is 122 Å². The number of fused-ring (bicyclic) bond motifs is 12. The Balaban J connectivity index is 0.000000254. The highest BCUT2D eigenvalue weighted by molar-refractivity contribution is 5.77. The van der Waals surface area contributed by atoms with E-state index < -0.39 is 299 Å². The van der Waals surface area contributed by atoms with Crippen molar-refractivity contribution >= 4 is 23.9 Å². The lowest BCUT2D eigenvalue weighted by Crippen LogP contribution is -2.51. The van der Waals surface area contributed by atoms with Gasteiger partial charge in [-0.05, 0) is 191 Å². The fourth-order valence-electron chi connectivity index (χ4n) is 13.5. The summed E-state index contributed by atoms with van der Waals surface area (Å²) >= 11 is 0. The van der Waals surface area contributed by atoms with Gasteiger partial charge in [0, 0.05) is 186 Å². The minimum atomic E-state index is -3.95. The van der Waals surface area contributed by atoms with Crippen molar-refractivity contribution < 1.29 is 150 Å². The summed E-state index contributed by atoms with van der Waals surface area (Å²) in [6.07, 6.45) is -44.4. The van der Waals surface area contributed by atoms with E-state index in [2.05, 4.69) is 0 Å². The van der Waals surface area contributed by atoms with E-state index in [-0.39, 0.29) is 107 Å². The van der Waals surface area contributed by atoms with Crippen LogP contribution < -0.4 is 60.8 Å². The smallest absolute Gasteiger partial charge is 0.323 e. The number of methoxy groups -OCH3 is 8. The van der Waals surface area contributed by atoms with Crippen LogP contribution in [0.25, 0.3) is 0 Å². The van der Waals surface area contributed by atoms with Gasteiger partial charge in [0.25, 0.3) is 0 Å². The second kappa shape index (κ2) is 43.9. The van der Waals surface area contributed by atoms with Crippen molar-refractivity contribution in [3.63, 3.8) is 0 Å². The number of benzene rings is 4. The molecule has 8 aliphatic rings. The van der Waals surface area contributed by atoms with Crippen molar-refractivity contribution in [1.29, 1.82) is 0 Å². The van der Waals surface area contributed by atoms with E-state index in [0.717, 1.165) is 31.7 Å². The Morgan fingerprint density at radius 2 is 0.550 bits per heavy atom. The zero-order chi connectivity index (χ0) is 136. The van der Waals surface area contributed by atoms with E-state index in [9.17, 15) is 46.6 Å². The van der Waals surface area contributed by atoms with Gasteiger partial charge >= 0.3 is 23.9 Å². The summed E-state index contributed by atoms with van der Waals surface area (Å²) in [6.45, 7) is -14.8. The van der Waals surface area contributed by atoms with Gasteiger partial charge in [-0.2, -0.15) is 0 Å². The van der Waals surface area contributed by atoms with Crippen LogP contribution >= 0.6 is 0 Å². The molecule has 4 saturated heterocycles. The molecule has 672 valence electrons. The number of ether oxygens (including phenoxy) is 12. The maximum Gasteiger partial charge on any atom is 0.323 e. The lowest BCUT2D eigenvalue weighted by Gasteiger charge is -2.47.